The molecular weight excluding hydrogens is 601 g/mol. The third-order valence-corrected chi connectivity index (χ3v) is 9.49. The fraction of sp³-hybridized carbons (Fsp3) is 0. The van der Waals surface area contributed by atoms with Gasteiger partial charge in [-0.15, -0.1) is 0 Å². The van der Waals surface area contributed by atoms with E-state index in [1.807, 2.05) is 36.4 Å². The van der Waals surface area contributed by atoms with Crippen LogP contribution in [-0.4, -0.2) is 4.98 Å². The van der Waals surface area contributed by atoms with Gasteiger partial charge in [0.15, 0.2) is 5.58 Å². The molecule has 0 N–H and O–H groups in total. The Morgan fingerprint density at radius 1 is 0.367 bits per heavy atom. The van der Waals surface area contributed by atoms with E-state index in [4.69, 9.17) is 13.8 Å². The molecule has 0 amide bonds. The molecule has 2 heterocycles. The number of hydrogen-bond acceptors (Lipinski definition) is 4. The van der Waals surface area contributed by atoms with Crippen molar-refractivity contribution in [1.82, 2.24) is 4.98 Å². The molecule has 4 nitrogen and oxygen atoms in total. The second-order valence-electron chi connectivity index (χ2n) is 12.4. The summed E-state index contributed by atoms with van der Waals surface area (Å²) in [6, 6.07) is 59.2. The van der Waals surface area contributed by atoms with Crippen LogP contribution in [0.15, 0.2) is 179 Å². The Hall–Kier alpha value is -6.65. The summed E-state index contributed by atoms with van der Waals surface area (Å²) in [4.78, 5) is 7.34. The minimum atomic E-state index is 0.596. The molecule has 10 aromatic rings. The number of benzene rings is 8. The van der Waals surface area contributed by atoms with Crippen molar-refractivity contribution in [1.29, 1.82) is 0 Å². The lowest BCUT2D eigenvalue weighted by Gasteiger charge is -2.26. The van der Waals surface area contributed by atoms with Gasteiger partial charge in [-0.2, -0.15) is 0 Å². The highest BCUT2D eigenvalue weighted by molar-refractivity contribution is 6.31. The van der Waals surface area contributed by atoms with Crippen LogP contribution in [0.1, 0.15) is 0 Å². The van der Waals surface area contributed by atoms with Crippen molar-refractivity contribution < 1.29 is 8.83 Å². The Kier molecular flexibility index (Phi) is 6.15. The molecule has 49 heavy (non-hydrogen) atoms. The lowest BCUT2D eigenvalue weighted by atomic mass is 10.0. The van der Waals surface area contributed by atoms with Crippen molar-refractivity contribution in [2.24, 2.45) is 0 Å². The maximum atomic E-state index is 6.55. The number of fused-ring (bicyclic) bond motifs is 3. The molecule has 0 aliphatic heterocycles. The zero-order valence-electron chi connectivity index (χ0n) is 26.4. The maximum absolute atomic E-state index is 6.55. The van der Waals surface area contributed by atoms with Gasteiger partial charge in [-0.3, -0.25) is 0 Å². The quantitative estimate of drug-likeness (QED) is 0.172. The van der Waals surface area contributed by atoms with Crippen LogP contribution in [0.25, 0.3) is 77.5 Å². The minimum absolute atomic E-state index is 0.596. The number of furan rings is 1. The van der Waals surface area contributed by atoms with Gasteiger partial charge in [-0.1, -0.05) is 109 Å². The number of rotatable bonds is 6. The molecule has 0 saturated heterocycles. The molecule has 4 heteroatoms. The van der Waals surface area contributed by atoms with Gasteiger partial charge in [0.05, 0.1) is 0 Å². The van der Waals surface area contributed by atoms with E-state index in [9.17, 15) is 0 Å². The molecular formula is C45H28N2O2. The van der Waals surface area contributed by atoms with Gasteiger partial charge in [-0.05, 0) is 82.9 Å². The number of oxazole rings is 1. The first kappa shape index (κ1) is 27.5. The summed E-state index contributed by atoms with van der Waals surface area (Å²) in [7, 11) is 0. The van der Waals surface area contributed by atoms with Crippen molar-refractivity contribution in [2.45, 2.75) is 0 Å². The van der Waals surface area contributed by atoms with Gasteiger partial charge in [0.1, 0.15) is 16.7 Å². The third kappa shape index (κ3) is 4.49. The zero-order chi connectivity index (χ0) is 32.3. The molecule has 0 spiro atoms. The summed E-state index contributed by atoms with van der Waals surface area (Å²) < 4.78 is 12.7. The zero-order valence-corrected chi connectivity index (χ0v) is 26.4. The molecule has 0 bridgehead atoms. The molecule has 10 rings (SSSR count). The van der Waals surface area contributed by atoms with Gasteiger partial charge in [0, 0.05) is 44.2 Å². The third-order valence-electron chi connectivity index (χ3n) is 9.49. The largest absolute Gasteiger partial charge is 0.456 e. The highest BCUT2D eigenvalue weighted by Gasteiger charge is 2.21. The van der Waals surface area contributed by atoms with Crippen LogP contribution in [0.4, 0.5) is 17.1 Å². The Morgan fingerprint density at radius 3 is 1.35 bits per heavy atom. The standard InChI is InChI=1S/C45H28N2O2/c1-3-9-29(10-4-1)31-17-23-34(24-18-31)47(35-25-19-32(20-26-35)30-11-5-2-6-12-30)36-27-21-33(22-28-36)45-46-43-37-13-7-15-39-41(37)42-38(44(43)49-45)14-8-16-40(42)48-39/h1-28H. The van der Waals surface area contributed by atoms with E-state index < -0.39 is 0 Å². The number of hydrogen-bond donors (Lipinski definition) is 0. The summed E-state index contributed by atoms with van der Waals surface area (Å²) in [5.74, 6) is 0.596. The van der Waals surface area contributed by atoms with Crippen LogP contribution in [0.5, 0.6) is 0 Å². The lowest BCUT2D eigenvalue weighted by molar-refractivity contribution is 0.623. The van der Waals surface area contributed by atoms with Crippen molar-refractivity contribution in [2.75, 3.05) is 4.90 Å². The molecule has 0 radical (unpaired) electrons. The molecule has 0 aliphatic carbocycles. The molecule has 8 aromatic carbocycles. The summed E-state index contributed by atoms with van der Waals surface area (Å²) in [6.45, 7) is 0. The average Bonchev–Trinajstić information content (AvgIpc) is 3.80. The molecule has 0 unspecified atom stereocenters. The lowest BCUT2D eigenvalue weighted by Crippen LogP contribution is -2.09. The molecule has 0 saturated carbocycles. The van der Waals surface area contributed by atoms with E-state index in [-0.39, 0.29) is 0 Å². The molecule has 230 valence electrons. The Labute approximate surface area is 282 Å². The Morgan fingerprint density at radius 2 is 0.816 bits per heavy atom. The Bertz CT molecular complexity index is 2560. The summed E-state index contributed by atoms with van der Waals surface area (Å²) in [5, 5.41) is 4.25. The SMILES string of the molecule is c1ccc(-c2ccc(N(c3ccc(-c4ccccc4)cc3)c3ccc(-c4nc5c6cccc7oc8cccc(c5o4)c8c76)cc3)cc2)cc1. The van der Waals surface area contributed by atoms with E-state index in [0.717, 1.165) is 66.4 Å². The number of nitrogens with zero attached hydrogens (tertiary/aromatic N) is 2. The predicted molar refractivity (Wildman–Crippen MR) is 201 cm³/mol. The number of anilines is 3. The maximum Gasteiger partial charge on any atom is 0.227 e. The van der Waals surface area contributed by atoms with Crippen molar-refractivity contribution in [3.8, 4) is 33.7 Å². The normalized spacial score (nSPS) is 11.7. The number of aromatic nitrogens is 1. The molecule has 0 atom stereocenters. The van der Waals surface area contributed by atoms with Crippen molar-refractivity contribution in [3.05, 3.63) is 170 Å². The van der Waals surface area contributed by atoms with Crippen LogP contribution in [0.2, 0.25) is 0 Å². The van der Waals surface area contributed by atoms with Crippen molar-refractivity contribution >= 4 is 60.9 Å². The van der Waals surface area contributed by atoms with E-state index in [1.54, 1.807) is 0 Å². The average molecular weight is 629 g/mol. The van der Waals surface area contributed by atoms with Gasteiger partial charge in [0.25, 0.3) is 0 Å². The van der Waals surface area contributed by atoms with E-state index in [2.05, 4.69) is 138 Å². The molecule has 0 aliphatic rings. The smallest absolute Gasteiger partial charge is 0.227 e. The second-order valence-corrected chi connectivity index (χ2v) is 12.4. The fourth-order valence-corrected chi connectivity index (χ4v) is 7.13. The van der Waals surface area contributed by atoms with Gasteiger partial charge < -0.3 is 13.7 Å². The highest BCUT2D eigenvalue weighted by Crippen LogP contribution is 2.44. The first-order valence-electron chi connectivity index (χ1n) is 16.5. The topological polar surface area (TPSA) is 42.4 Å². The fourth-order valence-electron chi connectivity index (χ4n) is 7.13. The van der Waals surface area contributed by atoms with E-state index in [1.165, 1.54) is 22.3 Å². The monoisotopic (exact) mass is 628 g/mol. The van der Waals surface area contributed by atoms with Crippen LogP contribution in [0, 0.1) is 0 Å². The minimum Gasteiger partial charge on any atom is -0.456 e. The van der Waals surface area contributed by atoms with Gasteiger partial charge in [0.2, 0.25) is 5.89 Å². The van der Waals surface area contributed by atoms with E-state index >= 15 is 0 Å². The van der Waals surface area contributed by atoms with Crippen LogP contribution in [-0.2, 0) is 0 Å². The highest BCUT2D eigenvalue weighted by atomic mass is 16.3. The van der Waals surface area contributed by atoms with E-state index in [0.29, 0.717) is 5.89 Å². The molecule has 0 fully saturated rings. The van der Waals surface area contributed by atoms with Gasteiger partial charge >= 0.3 is 0 Å². The van der Waals surface area contributed by atoms with Gasteiger partial charge in [-0.25, -0.2) is 4.98 Å². The summed E-state index contributed by atoms with van der Waals surface area (Å²) in [5.41, 5.74) is 12.2. The molecule has 2 aromatic heterocycles. The van der Waals surface area contributed by atoms with Crippen LogP contribution < -0.4 is 4.90 Å². The van der Waals surface area contributed by atoms with Crippen LogP contribution in [0.3, 0.4) is 0 Å². The first-order chi connectivity index (χ1) is 24.3. The summed E-state index contributed by atoms with van der Waals surface area (Å²) in [6.07, 6.45) is 0. The second kappa shape index (κ2) is 11.0. The Balaban J connectivity index is 1.06. The van der Waals surface area contributed by atoms with Crippen LogP contribution >= 0.6 is 0 Å². The van der Waals surface area contributed by atoms with Crippen molar-refractivity contribution in [3.63, 3.8) is 0 Å². The summed E-state index contributed by atoms with van der Waals surface area (Å²) >= 11 is 0. The first-order valence-corrected chi connectivity index (χ1v) is 16.5. The predicted octanol–water partition coefficient (Wildman–Crippen LogP) is 12.8.